The molecule has 0 spiro atoms. The number of hydrogen-bond acceptors (Lipinski definition) is 4. The molecule has 52 valence electrons. The third-order valence-corrected chi connectivity index (χ3v) is 2.16. The first-order valence-electron chi connectivity index (χ1n) is 2.69. The Balaban J connectivity index is 2.95. The van der Waals surface area contributed by atoms with Gasteiger partial charge in [-0.25, -0.2) is 4.98 Å². The summed E-state index contributed by atoms with van der Waals surface area (Å²) in [7, 11) is 0. The number of hydrogen-bond donors (Lipinski definition) is 2. The van der Waals surface area contributed by atoms with Crippen molar-refractivity contribution in [2.45, 2.75) is 0 Å². The van der Waals surface area contributed by atoms with Gasteiger partial charge in [0.2, 0.25) is 5.06 Å². The molecule has 5 heteroatoms. The number of aromatic hydroxyl groups is 1. The number of nitrogen functional groups attached to an aromatic ring is 1. The number of aromatic nitrogens is 2. The maximum absolute atomic E-state index is 9.06. The smallest absolute Gasteiger partial charge is 0.216 e. The fourth-order valence-corrected chi connectivity index (χ4v) is 1.54. The van der Waals surface area contributed by atoms with Gasteiger partial charge in [0.1, 0.15) is 0 Å². The zero-order chi connectivity index (χ0) is 7.14. The highest BCUT2D eigenvalue weighted by Gasteiger charge is 2.06. The lowest BCUT2D eigenvalue weighted by Gasteiger charge is -1.86. The minimum atomic E-state index is 0.128. The topological polar surface area (TPSA) is 63.5 Å². The van der Waals surface area contributed by atoms with Crippen molar-refractivity contribution in [3.05, 3.63) is 12.4 Å². The van der Waals surface area contributed by atoms with Crippen LogP contribution in [0.1, 0.15) is 0 Å². The zero-order valence-electron chi connectivity index (χ0n) is 4.98. The summed E-state index contributed by atoms with van der Waals surface area (Å²) in [5, 5.41) is 9.19. The maximum Gasteiger partial charge on any atom is 0.216 e. The monoisotopic (exact) mass is 155 g/mol. The Morgan fingerprint density at radius 2 is 2.50 bits per heavy atom. The lowest BCUT2D eigenvalue weighted by Crippen LogP contribution is -1.88. The number of fused-ring (bicyclic) bond motifs is 1. The van der Waals surface area contributed by atoms with E-state index in [1.165, 1.54) is 11.3 Å². The Labute approximate surface area is 60.5 Å². The van der Waals surface area contributed by atoms with Gasteiger partial charge in [-0.2, -0.15) is 0 Å². The van der Waals surface area contributed by atoms with Crippen molar-refractivity contribution in [3.63, 3.8) is 0 Å². The summed E-state index contributed by atoms with van der Waals surface area (Å²) >= 11 is 1.17. The van der Waals surface area contributed by atoms with E-state index in [9.17, 15) is 0 Å². The molecule has 10 heavy (non-hydrogen) atoms. The van der Waals surface area contributed by atoms with Crippen LogP contribution in [-0.2, 0) is 0 Å². The van der Waals surface area contributed by atoms with Crippen LogP contribution in [0.2, 0.25) is 0 Å². The van der Waals surface area contributed by atoms with Gasteiger partial charge >= 0.3 is 0 Å². The maximum atomic E-state index is 9.06. The minimum absolute atomic E-state index is 0.128. The van der Waals surface area contributed by atoms with Gasteiger partial charge in [0.05, 0.1) is 0 Å². The third-order valence-electron chi connectivity index (χ3n) is 1.27. The molecule has 0 amide bonds. The van der Waals surface area contributed by atoms with Gasteiger partial charge in [-0.15, -0.1) is 0 Å². The average molecular weight is 155 g/mol. The molecule has 0 saturated carbocycles. The molecule has 0 saturated heterocycles. The predicted octanol–water partition coefficient (Wildman–Crippen LogP) is 0.684. The lowest BCUT2D eigenvalue weighted by molar-refractivity contribution is 0.491. The number of nitrogens with zero attached hydrogens (tertiary/aromatic N) is 2. The molecule has 0 aliphatic rings. The summed E-state index contributed by atoms with van der Waals surface area (Å²) in [5.41, 5.74) is 5.47. The molecule has 2 aromatic rings. The van der Waals surface area contributed by atoms with E-state index >= 15 is 0 Å². The summed E-state index contributed by atoms with van der Waals surface area (Å²) in [4.78, 5) is 4.66. The van der Waals surface area contributed by atoms with Crippen molar-refractivity contribution in [2.24, 2.45) is 0 Å². The molecular weight excluding hydrogens is 150 g/mol. The molecule has 2 heterocycles. The van der Waals surface area contributed by atoms with Crippen molar-refractivity contribution in [1.29, 1.82) is 0 Å². The van der Waals surface area contributed by atoms with Gasteiger partial charge in [0, 0.05) is 12.4 Å². The fraction of sp³-hybridized carbons (Fsp3) is 0. The predicted molar refractivity (Wildman–Crippen MR) is 39.1 cm³/mol. The van der Waals surface area contributed by atoms with E-state index < -0.39 is 0 Å². The number of nitrogens with two attached hydrogens (primary N) is 1. The summed E-state index contributed by atoms with van der Waals surface area (Å²) in [5.74, 6) is 0.359. The zero-order valence-corrected chi connectivity index (χ0v) is 5.80. The van der Waals surface area contributed by atoms with Gasteiger partial charge in [0.15, 0.2) is 10.8 Å². The standard InChI is InChI=1S/C5H5N3OS/c6-3-4(9)10-5-7-1-2-8(3)5/h1-2,9H,6H2. The van der Waals surface area contributed by atoms with Crippen LogP contribution in [0.4, 0.5) is 5.82 Å². The van der Waals surface area contributed by atoms with E-state index in [0.717, 1.165) is 4.96 Å². The van der Waals surface area contributed by atoms with Crippen LogP contribution in [0.25, 0.3) is 4.96 Å². The van der Waals surface area contributed by atoms with Gasteiger partial charge in [0.25, 0.3) is 0 Å². The fourth-order valence-electron chi connectivity index (χ4n) is 0.790. The Kier molecular flexibility index (Phi) is 0.906. The summed E-state index contributed by atoms with van der Waals surface area (Å²) in [6, 6.07) is 0. The van der Waals surface area contributed by atoms with E-state index in [0.29, 0.717) is 5.82 Å². The normalized spacial score (nSPS) is 10.8. The summed E-state index contributed by atoms with van der Waals surface area (Å²) in [6.45, 7) is 0. The van der Waals surface area contributed by atoms with Crippen LogP contribution in [0.15, 0.2) is 12.4 Å². The quantitative estimate of drug-likeness (QED) is 0.588. The van der Waals surface area contributed by atoms with Crippen LogP contribution >= 0.6 is 11.3 Å². The highest BCUT2D eigenvalue weighted by atomic mass is 32.1. The van der Waals surface area contributed by atoms with Gasteiger partial charge in [-0.1, -0.05) is 11.3 Å². The van der Waals surface area contributed by atoms with E-state index in [1.807, 2.05) is 0 Å². The van der Waals surface area contributed by atoms with Gasteiger partial charge < -0.3 is 10.8 Å². The highest BCUT2D eigenvalue weighted by Crippen LogP contribution is 2.30. The average Bonchev–Trinajstić information content (AvgIpc) is 2.41. The molecule has 0 radical (unpaired) electrons. The van der Waals surface area contributed by atoms with Crippen molar-refractivity contribution in [3.8, 4) is 5.06 Å². The molecule has 0 fully saturated rings. The number of rotatable bonds is 0. The highest BCUT2D eigenvalue weighted by molar-refractivity contribution is 7.19. The van der Waals surface area contributed by atoms with Gasteiger partial charge in [-0.3, -0.25) is 4.40 Å². The molecular formula is C5H5N3OS. The SMILES string of the molecule is Nc1c(O)sc2nccn12. The Morgan fingerprint density at radius 3 is 3.20 bits per heavy atom. The summed E-state index contributed by atoms with van der Waals surface area (Å²) < 4.78 is 1.64. The van der Waals surface area contributed by atoms with Crippen LogP contribution < -0.4 is 5.73 Å². The Hall–Kier alpha value is -1.23. The first-order chi connectivity index (χ1) is 4.79. The van der Waals surface area contributed by atoms with Crippen molar-refractivity contribution in [2.75, 3.05) is 5.73 Å². The molecule has 0 aromatic carbocycles. The van der Waals surface area contributed by atoms with E-state index in [4.69, 9.17) is 10.8 Å². The Bertz CT molecular complexity index is 364. The molecule has 0 unspecified atom stereocenters. The first kappa shape index (κ1) is 5.55. The number of thiazole rings is 1. The molecule has 2 rings (SSSR count). The number of imidazole rings is 1. The van der Waals surface area contributed by atoms with E-state index in [-0.39, 0.29) is 5.06 Å². The molecule has 0 atom stereocenters. The third kappa shape index (κ3) is 0.522. The van der Waals surface area contributed by atoms with Gasteiger partial charge in [-0.05, 0) is 0 Å². The van der Waals surface area contributed by atoms with Crippen LogP contribution in [0.3, 0.4) is 0 Å². The lowest BCUT2D eigenvalue weighted by atomic mass is 10.7. The van der Waals surface area contributed by atoms with Crippen molar-refractivity contribution >= 4 is 22.1 Å². The second-order valence-corrected chi connectivity index (χ2v) is 2.83. The van der Waals surface area contributed by atoms with E-state index in [1.54, 1.807) is 16.8 Å². The van der Waals surface area contributed by atoms with Crippen molar-refractivity contribution in [1.82, 2.24) is 9.38 Å². The molecule has 3 N–H and O–H groups in total. The van der Waals surface area contributed by atoms with Crippen LogP contribution in [0, 0.1) is 0 Å². The summed E-state index contributed by atoms with van der Waals surface area (Å²) in [6.07, 6.45) is 3.35. The minimum Gasteiger partial charge on any atom is -0.497 e. The molecule has 0 bridgehead atoms. The molecule has 0 aliphatic carbocycles. The van der Waals surface area contributed by atoms with E-state index in [2.05, 4.69) is 4.98 Å². The number of anilines is 1. The molecule has 2 aromatic heterocycles. The first-order valence-corrected chi connectivity index (χ1v) is 3.51. The largest absolute Gasteiger partial charge is 0.497 e. The van der Waals surface area contributed by atoms with Crippen molar-refractivity contribution < 1.29 is 5.11 Å². The second-order valence-electron chi connectivity index (χ2n) is 1.87. The Morgan fingerprint density at radius 1 is 1.70 bits per heavy atom. The molecule has 4 nitrogen and oxygen atoms in total. The second kappa shape index (κ2) is 1.63. The molecule has 0 aliphatic heterocycles. The van der Waals surface area contributed by atoms with Crippen LogP contribution in [-0.4, -0.2) is 14.5 Å². The van der Waals surface area contributed by atoms with Crippen LogP contribution in [0.5, 0.6) is 5.06 Å².